The molecule has 0 bridgehead atoms. The van der Waals surface area contributed by atoms with Gasteiger partial charge in [0, 0.05) is 32.3 Å². The van der Waals surface area contributed by atoms with E-state index in [0.29, 0.717) is 13.2 Å². The lowest BCUT2D eigenvalue weighted by Gasteiger charge is -2.13. The number of ether oxygens (including phenoxy) is 2. The highest BCUT2D eigenvalue weighted by Gasteiger charge is 2.04. The molecule has 0 saturated carbocycles. The van der Waals surface area contributed by atoms with Gasteiger partial charge in [0.2, 0.25) is 0 Å². The monoisotopic (exact) mass is 224 g/mol. The molecule has 0 radical (unpaired) electrons. The fourth-order valence-electron chi connectivity index (χ4n) is 1.35. The SMILES string of the molecule is COCCC(C)Oc1ccc(CCN)nc1. The number of hydrogen-bond donors (Lipinski definition) is 1. The van der Waals surface area contributed by atoms with Crippen molar-refractivity contribution in [1.82, 2.24) is 4.98 Å². The van der Waals surface area contributed by atoms with E-state index in [4.69, 9.17) is 15.2 Å². The van der Waals surface area contributed by atoms with Crippen LogP contribution in [-0.2, 0) is 11.2 Å². The van der Waals surface area contributed by atoms with Gasteiger partial charge in [-0.25, -0.2) is 0 Å². The van der Waals surface area contributed by atoms with E-state index in [2.05, 4.69) is 4.98 Å². The molecule has 0 amide bonds. The van der Waals surface area contributed by atoms with Gasteiger partial charge < -0.3 is 15.2 Å². The second kappa shape index (κ2) is 7.19. The number of nitrogens with zero attached hydrogens (tertiary/aromatic N) is 1. The van der Waals surface area contributed by atoms with E-state index in [-0.39, 0.29) is 6.10 Å². The van der Waals surface area contributed by atoms with Gasteiger partial charge >= 0.3 is 0 Å². The first kappa shape index (κ1) is 12.9. The molecule has 4 heteroatoms. The van der Waals surface area contributed by atoms with Crippen molar-refractivity contribution in [3.63, 3.8) is 0 Å². The molecule has 1 rings (SSSR count). The highest BCUT2D eigenvalue weighted by molar-refractivity contribution is 5.20. The lowest BCUT2D eigenvalue weighted by Crippen LogP contribution is -2.14. The van der Waals surface area contributed by atoms with Gasteiger partial charge in [-0.15, -0.1) is 0 Å². The van der Waals surface area contributed by atoms with Crippen molar-refractivity contribution < 1.29 is 9.47 Å². The van der Waals surface area contributed by atoms with Gasteiger partial charge in [0.15, 0.2) is 0 Å². The zero-order chi connectivity index (χ0) is 11.8. The largest absolute Gasteiger partial charge is 0.489 e. The normalized spacial score (nSPS) is 12.4. The molecule has 0 aromatic carbocycles. The Balaban J connectivity index is 2.41. The molecule has 1 heterocycles. The van der Waals surface area contributed by atoms with Crippen LogP contribution in [-0.4, -0.2) is 31.3 Å². The summed E-state index contributed by atoms with van der Waals surface area (Å²) in [6.07, 6.45) is 3.57. The van der Waals surface area contributed by atoms with E-state index in [1.165, 1.54) is 0 Å². The van der Waals surface area contributed by atoms with Gasteiger partial charge in [-0.2, -0.15) is 0 Å². The van der Waals surface area contributed by atoms with Crippen LogP contribution >= 0.6 is 0 Å². The van der Waals surface area contributed by atoms with Gasteiger partial charge in [0.25, 0.3) is 0 Å². The third-order valence-electron chi connectivity index (χ3n) is 2.26. The standard InChI is InChI=1S/C12H20N2O2/c1-10(6-8-15-2)16-12-4-3-11(5-7-13)14-9-12/h3-4,9-10H,5-8,13H2,1-2H3. The molecule has 0 spiro atoms. The first-order chi connectivity index (χ1) is 7.76. The van der Waals surface area contributed by atoms with E-state index in [9.17, 15) is 0 Å². The molecule has 0 fully saturated rings. The van der Waals surface area contributed by atoms with Crippen LogP contribution in [0.2, 0.25) is 0 Å². The van der Waals surface area contributed by atoms with Gasteiger partial charge in [-0.3, -0.25) is 4.98 Å². The van der Waals surface area contributed by atoms with Crippen molar-refractivity contribution in [2.45, 2.75) is 25.9 Å². The van der Waals surface area contributed by atoms with Crippen LogP contribution < -0.4 is 10.5 Å². The zero-order valence-electron chi connectivity index (χ0n) is 9.98. The minimum absolute atomic E-state index is 0.141. The Kier molecular flexibility index (Phi) is 5.82. The molecule has 1 atom stereocenters. The molecule has 0 aliphatic carbocycles. The Morgan fingerprint density at radius 1 is 1.44 bits per heavy atom. The molecule has 0 aliphatic heterocycles. The minimum Gasteiger partial charge on any atom is -0.489 e. The third-order valence-corrected chi connectivity index (χ3v) is 2.26. The number of hydrogen-bond acceptors (Lipinski definition) is 4. The summed E-state index contributed by atoms with van der Waals surface area (Å²) in [5.74, 6) is 0.796. The predicted molar refractivity (Wildman–Crippen MR) is 63.6 cm³/mol. The molecule has 1 unspecified atom stereocenters. The van der Waals surface area contributed by atoms with Crippen LogP contribution in [0.3, 0.4) is 0 Å². The van der Waals surface area contributed by atoms with Gasteiger partial charge in [0.1, 0.15) is 5.75 Å². The maximum Gasteiger partial charge on any atom is 0.138 e. The van der Waals surface area contributed by atoms with Crippen LogP contribution in [0.4, 0.5) is 0 Å². The average molecular weight is 224 g/mol. The van der Waals surface area contributed by atoms with Crippen molar-refractivity contribution in [1.29, 1.82) is 0 Å². The summed E-state index contributed by atoms with van der Waals surface area (Å²) in [5, 5.41) is 0. The number of rotatable bonds is 7. The van der Waals surface area contributed by atoms with E-state index in [1.54, 1.807) is 13.3 Å². The summed E-state index contributed by atoms with van der Waals surface area (Å²) in [6, 6.07) is 3.88. The second-order valence-electron chi connectivity index (χ2n) is 3.73. The number of methoxy groups -OCH3 is 1. The molecule has 16 heavy (non-hydrogen) atoms. The Morgan fingerprint density at radius 3 is 2.81 bits per heavy atom. The predicted octanol–water partition coefficient (Wildman–Crippen LogP) is 1.39. The van der Waals surface area contributed by atoms with Crippen molar-refractivity contribution >= 4 is 0 Å². The molecule has 1 aromatic heterocycles. The smallest absolute Gasteiger partial charge is 0.138 e. The van der Waals surface area contributed by atoms with Crippen LogP contribution in [0.15, 0.2) is 18.3 Å². The number of pyridine rings is 1. The lowest BCUT2D eigenvalue weighted by atomic mass is 10.2. The van der Waals surface area contributed by atoms with Crippen molar-refractivity contribution in [3.8, 4) is 5.75 Å². The summed E-state index contributed by atoms with van der Waals surface area (Å²) < 4.78 is 10.7. The van der Waals surface area contributed by atoms with Crippen LogP contribution in [0.1, 0.15) is 19.0 Å². The highest BCUT2D eigenvalue weighted by Crippen LogP contribution is 2.12. The Morgan fingerprint density at radius 2 is 2.25 bits per heavy atom. The molecule has 90 valence electrons. The van der Waals surface area contributed by atoms with Gasteiger partial charge in [-0.1, -0.05) is 0 Å². The lowest BCUT2D eigenvalue weighted by molar-refractivity contribution is 0.135. The van der Waals surface area contributed by atoms with E-state index >= 15 is 0 Å². The minimum atomic E-state index is 0.141. The van der Waals surface area contributed by atoms with Crippen LogP contribution in [0.25, 0.3) is 0 Å². The van der Waals surface area contributed by atoms with Crippen LogP contribution in [0, 0.1) is 0 Å². The topological polar surface area (TPSA) is 57.4 Å². The van der Waals surface area contributed by atoms with Gasteiger partial charge in [0.05, 0.1) is 12.3 Å². The van der Waals surface area contributed by atoms with E-state index < -0.39 is 0 Å². The quantitative estimate of drug-likeness (QED) is 0.760. The molecular weight excluding hydrogens is 204 g/mol. The van der Waals surface area contributed by atoms with Crippen LogP contribution in [0.5, 0.6) is 5.75 Å². The maximum atomic E-state index is 5.68. The third kappa shape index (κ3) is 4.59. The summed E-state index contributed by atoms with van der Waals surface area (Å²) in [6.45, 7) is 3.35. The molecule has 4 nitrogen and oxygen atoms in total. The average Bonchev–Trinajstić information content (AvgIpc) is 2.29. The molecule has 0 saturated heterocycles. The summed E-state index contributed by atoms with van der Waals surface area (Å²) in [4.78, 5) is 4.27. The molecular formula is C12H20N2O2. The van der Waals surface area contributed by atoms with Crippen molar-refractivity contribution in [3.05, 3.63) is 24.0 Å². The van der Waals surface area contributed by atoms with Gasteiger partial charge in [-0.05, 0) is 25.6 Å². The van der Waals surface area contributed by atoms with E-state index in [0.717, 1.165) is 24.3 Å². The van der Waals surface area contributed by atoms with E-state index in [1.807, 2.05) is 19.1 Å². The van der Waals surface area contributed by atoms with Crippen molar-refractivity contribution in [2.24, 2.45) is 5.73 Å². The fourth-order valence-corrected chi connectivity index (χ4v) is 1.35. The van der Waals surface area contributed by atoms with Crippen molar-refractivity contribution in [2.75, 3.05) is 20.3 Å². The molecule has 2 N–H and O–H groups in total. The fraction of sp³-hybridized carbons (Fsp3) is 0.583. The number of aromatic nitrogens is 1. The molecule has 0 aliphatic rings. The first-order valence-electron chi connectivity index (χ1n) is 5.57. The first-order valence-corrected chi connectivity index (χ1v) is 5.57. The second-order valence-corrected chi connectivity index (χ2v) is 3.73. The molecule has 1 aromatic rings. The highest BCUT2D eigenvalue weighted by atomic mass is 16.5. The summed E-state index contributed by atoms with van der Waals surface area (Å²) in [5.41, 5.74) is 6.45. The summed E-state index contributed by atoms with van der Waals surface area (Å²) >= 11 is 0. The summed E-state index contributed by atoms with van der Waals surface area (Å²) in [7, 11) is 1.69. The Hall–Kier alpha value is -1.13. The maximum absolute atomic E-state index is 5.68. The number of nitrogens with two attached hydrogens (primary N) is 1. The Bertz CT molecular complexity index is 288. The zero-order valence-corrected chi connectivity index (χ0v) is 9.98. The Labute approximate surface area is 96.8 Å².